The number of hydrogen-bond donors (Lipinski definition) is 2. The molecule has 2 aromatic rings. The fraction of sp³-hybridized carbons (Fsp3) is 0.480. The van der Waals surface area contributed by atoms with Crippen molar-refractivity contribution < 1.29 is 15.0 Å². The predicted molar refractivity (Wildman–Crippen MR) is 124 cm³/mol. The van der Waals surface area contributed by atoms with Gasteiger partial charge in [-0.25, -0.2) is 4.79 Å². The number of rotatable bonds is 12. The number of aliphatic hydroxyl groups excluding tert-OH is 2. The lowest BCUT2D eigenvalue weighted by Crippen LogP contribution is -2.44. The second-order valence-corrected chi connectivity index (χ2v) is 7.65. The third-order valence-electron chi connectivity index (χ3n) is 5.29. The minimum Gasteiger partial charge on any atom is -0.392 e. The summed E-state index contributed by atoms with van der Waals surface area (Å²) in [4.78, 5) is 17.4. The summed E-state index contributed by atoms with van der Waals surface area (Å²) in [6, 6.07) is 15.1. The molecule has 2 aromatic carbocycles. The minimum absolute atomic E-state index is 0.00951. The van der Waals surface area contributed by atoms with E-state index >= 15 is 0 Å². The summed E-state index contributed by atoms with van der Waals surface area (Å²) in [5.41, 5.74) is 3.36. The lowest BCUT2D eigenvalue weighted by Gasteiger charge is -2.31. The van der Waals surface area contributed by atoms with Crippen molar-refractivity contribution in [2.45, 2.75) is 65.6 Å². The van der Waals surface area contributed by atoms with Crippen LogP contribution in [-0.4, -0.2) is 29.3 Å². The van der Waals surface area contributed by atoms with Gasteiger partial charge in [0, 0.05) is 24.5 Å². The highest BCUT2D eigenvalue weighted by atomic mass is 16.3. The van der Waals surface area contributed by atoms with E-state index in [2.05, 4.69) is 13.8 Å². The van der Waals surface area contributed by atoms with E-state index in [-0.39, 0.29) is 19.2 Å². The highest BCUT2D eigenvalue weighted by Gasteiger charge is 2.23. The van der Waals surface area contributed by atoms with E-state index in [9.17, 15) is 15.0 Å². The molecule has 0 spiro atoms. The Kier molecular flexibility index (Phi) is 10.4. The number of urea groups is 1. The van der Waals surface area contributed by atoms with Gasteiger partial charge >= 0.3 is 6.03 Å². The maximum absolute atomic E-state index is 13.7. The number of anilines is 2. The van der Waals surface area contributed by atoms with E-state index < -0.39 is 0 Å². The van der Waals surface area contributed by atoms with Gasteiger partial charge in [-0.2, -0.15) is 0 Å². The first kappa shape index (κ1) is 23.9. The maximum atomic E-state index is 13.7. The molecule has 0 saturated heterocycles. The minimum atomic E-state index is -0.0318. The Balaban J connectivity index is 2.32. The van der Waals surface area contributed by atoms with Gasteiger partial charge in [-0.15, -0.1) is 0 Å². The second kappa shape index (κ2) is 13.0. The number of benzene rings is 2. The molecule has 0 heterocycles. The topological polar surface area (TPSA) is 64.0 Å². The summed E-state index contributed by atoms with van der Waals surface area (Å²) in [6.07, 6.45) is 6.20. The number of hydrogen-bond acceptors (Lipinski definition) is 3. The van der Waals surface area contributed by atoms with Crippen molar-refractivity contribution in [2.75, 3.05) is 22.9 Å². The molecule has 0 saturated carbocycles. The van der Waals surface area contributed by atoms with Crippen molar-refractivity contribution in [3.8, 4) is 0 Å². The number of unbranched alkanes of at least 4 members (excludes halogenated alkanes) is 4. The van der Waals surface area contributed by atoms with Crippen LogP contribution in [0.15, 0.2) is 48.5 Å². The smallest absolute Gasteiger partial charge is 0.328 e. The molecule has 2 amide bonds. The van der Waals surface area contributed by atoms with Gasteiger partial charge < -0.3 is 10.2 Å². The number of nitrogens with zero attached hydrogens (tertiary/aromatic N) is 2. The van der Waals surface area contributed by atoms with Crippen molar-refractivity contribution >= 4 is 17.4 Å². The van der Waals surface area contributed by atoms with Crippen LogP contribution in [-0.2, 0) is 13.2 Å². The van der Waals surface area contributed by atoms with E-state index in [1.165, 1.54) is 0 Å². The number of carbonyl (C=O) groups is 1. The third kappa shape index (κ3) is 6.85. The predicted octanol–water partition coefficient (Wildman–Crippen LogP) is 5.48. The average molecular weight is 413 g/mol. The summed E-state index contributed by atoms with van der Waals surface area (Å²) < 4.78 is 0. The van der Waals surface area contributed by atoms with Crippen molar-refractivity contribution in [1.29, 1.82) is 0 Å². The second-order valence-electron chi connectivity index (χ2n) is 7.65. The molecular formula is C25H36N2O3. The molecule has 0 bridgehead atoms. The molecule has 0 aromatic heterocycles. The van der Waals surface area contributed by atoms with E-state index in [0.717, 1.165) is 61.0 Å². The van der Waals surface area contributed by atoms with Gasteiger partial charge in [0.05, 0.1) is 13.2 Å². The van der Waals surface area contributed by atoms with E-state index in [0.29, 0.717) is 13.1 Å². The Morgan fingerprint density at radius 1 is 0.667 bits per heavy atom. The molecule has 2 rings (SSSR count). The molecule has 0 fully saturated rings. The van der Waals surface area contributed by atoms with Crippen LogP contribution < -0.4 is 9.80 Å². The van der Waals surface area contributed by atoms with Crippen molar-refractivity contribution in [1.82, 2.24) is 0 Å². The van der Waals surface area contributed by atoms with Gasteiger partial charge in [-0.1, -0.05) is 63.8 Å². The summed E-state index contributed by atoms with van der Waals surface area (Å²) in [5.74, 6) is 0. The summed E-state index contributed by atoms with van der Waals surface area (Å²) >= 11 is 0. The molecule has 164 valence electrons. The molecule has 0 aliphatic carbocycles. The molecule has 0 aliphatic heterocycles. The molecule has 0 unspecified atom stereocenters. The fourth-order valence-electron chi connectivity index (χ4n) is 3.42. The fourth-order valence-corrected chi connectivity index (χ4v) is 3.42. The number of aliphatic hydroxyl groups is 2. The van der Waals surface area contributed by atoms with E-state index in [4.69, 9.17) is 0 Å². The molecule has 0 atom stereocenters. The van der Waals surface area contributed by atoms with Crippen molar-refractivity contribution in [3.63, 3.8) is 0 Å². The van der Waals surface area contributed by atoms with Gasteiger partial charge in [0.25, 0.3) is 0 Å². The van der Waals surface area contributed by atoms with Crippen LogP contribution in [0.5, 0.6) is 0 Å². The van der Waals surface area contributed by atoms with Gasteiger partial charge in [-0.3, -0.25) is 9.80 Å². The summed E-state index contributed by atoms with van der Waals surface area (Å²) in [5, 5.41) is 18.7. The zero-order chi connectivity index (χ0) is 21.8. The molecule has 30 heavy (non-hydrogen) atoms. The van der Waals surface area contributed by atoms with Crippen molar-refractivity contribution in [2.24, 2.45) is 0 Å². The first-order chi connectivity index (χ1) is 14.6. The number of amides is 2. The quantitative estimate of drug-likeness (QED) is 0.453. The van der Waals surface area contributed by atoms with Crippen LogP contribution in [0.3, 0.4) is 0 Å². The molecule has 5 heteroatoms. The molecule has 0 aliphatic rings. The molecule has 2 N–H and O–H groups in total. The molecule has 5 nitrogen and oxygen atoms in total. The summed E-state index contributed by atoms with van der Waals surface area (Å²) in [7, 11) is 0. The van der Waals surface area contributed by atoms with E-state index in [1.807, 2.05) is 58.3 Å². The Morgan fingerprint density at radius 3 is 1.33 bits per heavy atom. The van der Waals surface area contributed by atoms with Gasteiger partial charge in [-0.05, 0) is 48.2 Å². The zero-order valence-electron chi connectivity index (χ0n) is 18.4. The Bertz CT molecular complexity index is 680. The number of carbonyl (C=O) groups excluding carboxylic acids is 1. The highest BCUT2D eigenvalue weighted by molar-refractivity contribution is 6.03. The summed E-state index contributed by atoms with van der Waals surface area (Å²) in [6.45, 7) is 5.60. The largest absolute Gasteiger partial charge is 0.392 e. The normalized spacial score (nSPS) is 10.8. The standard InChI is InChI=1S/C25H36N2O3/c1-3-5-7-17-26(23-13-9-21(19-28)10-14-23)25(30)27(18-8-6-4-2)24-15-11-22(20-29)12-16-24/h9-16,28-29H,3-8,17-20H2,1-2H3. The first-order valence-electron chi connectivity index (χ1n) is 11.1. The average Bonchev–Trinajstić information content (AvgIpc) is 2.79. The molecular weight excluding hydrogens is 376 g/mol. The SMILES string of the molecule is CCCCCN(C(=O)N(CCCCC)c1ccc(CO)cc1)c1ccc(CO)cc1. The van der Waals surface area contributed by atoms with Crippen LogP contribution in [0.2, 0.25) is 0 Å². The Hall–Kier alpha value is -2.37. The maximum Gasteiger partial charge on any atom is 0.328 e. The van der Waals surface area contributed by atoms with Crippen LogP contribution in [0, 0.1) is 0 Å². The van der Waals surface area contributed by atoms with Crippen LogP contribution in [0.25, 0.3) is 0 Å². The van der Waals surface area contributed by atoms with Crippen LogP contribution in [0.4, 0.5) is 16.2 Å². The Labute approximate surface area is 181 Å². The van der Waals surface area contributed by atoms with Crippen LogP contribution in [0.1, 0.15) is 63.5 Å². The van der Waals surface area contributed by atoms with Gasteiger partial charge in [0.1, 0.15) is 0 Å². The first-order valence-corrected chi connectivity index (χ1v) is 11.1. The zero-order valence-corrected chi connectivity index (χ0v) is 18.4. The lowest BCUT2D eigenvalue weighted by molar-refractivity contribution is 0.251. The van der Waals surface area contributed by atoms with Crippen LogP contribution >= 0.6 is 0 Å². The highest BCUT2D eigenvalue weighted by Crippen LogP contribution is 2.23. The van der Waals surface area contributed by atoms with E-state index in [1.54, 1.807) is 0 Å². The van der Waals surface area contributed by atoms with Gasteiger partial charge in [0.2, 0.25) is 0 Å². The third-order valence-corrected chi connectivity index (χ3v) is 5.29. The van der Waals surface area contributed by atoms with Gasteiger partial charge in [0.15, 0.2) is 0 Å². The monoisotopic (exact) mass is 412 g/mol. The molecule has 0 radical (unpaired) electrons. The lowest BCUT2D eigenvalue weighted by atomic mass is 10.1. The Morgan fingerprint density at radius 2 is 1.03 bits per heavy atom. The van der Waals surface area contributed by atoms with Crippen molar-refractivity contribution in [3.05, 3.63) is 59.7 Å².